The smallest absolute Gasteiger partial charge is 0.123 e. The van der Waals surface area contributed by atoms with E-state index in [4.69, 9.17) is 0 Å². The zero-order valence-electron chi connectivity index (χ0n) is 20.1. The number of unbranched alkanes of at least 4 members (excludes halogenated alkanes) is 12. The summed E-state index contributed by atoms with van der Waals surface area (Å²) in [5, 5.41) is 10.7. The van der Waals surface area contributed by atoms with Gasteiger partial charge in [-0.3, -0.25) is 0 Å². The van der Waals surface area contributed by atoms with Crippen LogP contribution in [-0.4, -0.2) is 16.6 Å². The molecule has 0 bridgehead atoms. The minimum atomic E-state index is 0.555. The van der Waals surface area contributed by atoms with Crippen molar-refractivity contribution in [1.82, 2.24) is 0 Å². The highest BCUT2D eigenvalue weighted by Crippen LogP contribution is 2.31. The first-order valence-electron chi connectivity index (χ1n) is 12.7. The number of thioether (sulfide) groups is 2. The lowest BCUT2D eigenvalue weighted by Gasteiger charge is -2.12. The summed E-state index contributed by atoms with van der Waals surface area (Å²) in [5.41, 5.74) is 3.55. The average Bonchev–Trinajstić information content (AvgIpc) is 2.74. The van der Waals surface area contributed by atoms with Gasteiger partial charge in [-0.05, 0) is 31.3 Å². The van der Waals surface area contributed by atoms with E-state index >= 15 is 0 Å². The summed E-state index contributed by atoms with van der Waals surface area (Å²) in [6.07, 6.45) is 19.2. The minimum Gasteiger partial charge on any atom is -0.507 e. The number of rotatable bonds is 20. The molecule has 0 amide bonds. The third-order valence-electron chi connectivity index (χ3n) is 5.71. The van der Waals surface area contributed by atoms with Crippen LogP contribution in [0, 0.1) is 6.92 Å². The van der Waals surface area contributed by atoms with E-state index < -0.39 is 0 Å². The van der Waals surface area contributed by atoms with Crippen molar-refractivity contribution in [2.45, 2.75) is 122 Å². The molecule has 0 radical (unpaired) electrons. The molecule has 1 rings (SSSR count). The number of aryl methyl sites for hydroxylation is 1. The molecule has 3 heteroatoms. The van der Waals surface area contributed by atoms with Gasteiger partial charge in [0, 0.05) is 22.6 Å². The first kappa shape index (κ1) is 27.8. The molecule has 174 valence electrons. The Hall–Kier alpha value is -0.280. The van der Waals surface area contributed by atoms with Gasteiger partial charge in [0.15, 0.2) is 0 Å². The number of hydrogen-bond acceptors (Lipinski definition) is 3. The Morgan fingerprint density at radius 3 is 1.37 bits per heavy atom. The van der Waals surface area contributed by atoms with Crippen LogP contribution in [0.15, 0.2) is 12.1 Å². The summed E-state index contributed by atoms with van der Waals surface area (Å²) >= 11 is 3.96. The zero-order valence-corrected chi connectivity index (χ0v) is 21.8. The fraction of sp³-hybridized carbons (Fsp3) is 0.778. The molecule has 1 aromatic carbocycles. The minimum absolute atomic E-state index is 0.555. The lowest BCUT2D eigenvalue weighted by molar-refractivity contribution is 0.465. The van der Waals surface area contributed by atoms with Gasteiger partial charge in [-0.2, -0.15) is 23.5 Å². The second-order valence-corrected chi connectivity index (χ2v) is 11.0. The van der Waals surface area contributed by atoms with Crippen LogP contribution in [0.25, 0.3) is 0 Å². The van der Waals surface area contributed by atoms with Crippen LogP contribution in [0.3, 0.4) is 0 Å². The van der Waals surface area contributed by atoms with E-state index in [9.17, 15) is 5.11 Å². The first-order chi connectivity index (χ1) is 14.7. The van der Waals surface area contributed by atoms with E-state index in [2.05, 4.69) is 32.9 Å². The van der Waals surface area contributed by atoms with E-state index in [1.54, 1.807) is 0 Å². The first-order valence-corrected chi connectivity index (χ1v) is 15.0. The molecule has 0 fully saturated rings. The Morgan fingerprint density at radius 1 is 0.600 bits per heavy atom. The Balaban J connectivity index is 2.20. The molecule has 1 nitrogen and oxygen atoms in total. The van der Waals surface area contributed by atoms with Crippen molar-refractivity contribution < 1.29 is 5.11 Å². The van der Waals surface area contributed by atoms with Gasteiger partial charge in [-0.15, -0.1) is 0 Å². The van der Waals surface area contributed by atoms with Gasteiger partial charge in [-0.1, -0.05) is 109 Å². The number of hydrogen-bond donors (Lipinski definition) is 1. The van der Waals surface area contributed by atoms with Gasteiger partial charge in [0.2, 0.25) is 0 Å². The molecule has 30 heavy (non-hydrogen) atoms. The van der Waals surface area contributed by atoms with Crippen LogP contribution in [0.4, 0.5) is 0 Å². The van der Waals surface area contributed by atoms with Gasteiger partial charge in [0.25, 0.3) is 0 Å². The summed E-state index contributed by atoms with van der Waals surface area (Å²) in [5.74, 6) is 4.87. The molecule has 0 heterocycles. The predicted octanol–water partition coefficient (Wildman–Crippen LogP) is 9.67. The molecular weight excluding hydrogens is 404 g/mol. The van der Waals surface area contributed by atoms with Crippen LogP contribution in [0.2, 0.25) is 0 Å². The predicted molar refractivity (Wildman–Crippen MR) is 141 cm³/mol. The summed E-state index contributed by atoms with van der Waals surface area (Å²) in [4.78, 5) is 0. The molecule has 0 saturated heterocycles. The molecule has 0 aliphatic heterocycles. The highest BCUT2D eigenvalue weighted by atomic mass is 32.2. The van der Waals surface area contributed by atoms with Crippen molar-refractivity contribution in [3.63, 3.8) is 0 Å². The summed E-state index contributed by atoms with van der Waals surface area (Å²) in [6.45, 7) is 6.71. The van der Waals surface area contributed by atoms with Gasteiger partial charge < -0.3 is 5.11 Å². The molecule has 1 N–H and O–H groups in total. The highest BCUT2D eigenvalue weighted by Gasteiger charge is 2.09. The maximum Gasteiger partial charge on any atom is 0.123 e. The molecule has 0 unspecified atom stereocenters. The molecule has 0 spiro atoms. The molecule has 1 aromatic rings. The van der Waals surface area contributed by atoms with E-state index in [-0.39, 0.29) is 0 Å². The fourth-order valence-corrected chi connectivity index (χ4v) is 5.83. The van der Waals surface area contributed by atoms with Crippen molar-refractivity contribution in [3.8, 4) is 5.75 Å². The number of benzene rings is 1. The molecule has 0 aliphatic carbocycles. The molecule has 0 aliphatic rings. The van der Waals surface area contributed by atoms with Gasteiger partial charge >= 0.3 is 0 Å². The van der Waals surface area contributed by atoms with Crippen LogP contribution in [0.1, 0.15) is 120 Å². The Bertz CT molecular complexity index is 487. The van der Waals surface area contributed by atoms with Crippen LogP contribution in [-0.2, 0) is 11.5 Å². The maximum atomic E-state index is 10.7. The maximum absolute atomic E-state index is 10.7. The highest BCUT2D eigenvalue weighted by molar-refractivity contribution is 7.98. The van der Waals surface area contributed by atoms with Crippen LogP contribution >= 0.6 is 23.5 Å². The molecule has 0 saturated carbocycles. The summed E-state index contributed by atoms with van der Waals surface area (Å²) in [6, 6.07) is 4.36. The Kier molecular flexibility index (Phi) is 18.0. The SMILES string of the molecule is CCCCCCCCCSCc1cc(C)cc(CSCCCCCCCCC)c1O. The average molecular weight is 453 g/mol. The summed E-state index contributed by atoms with van der Waals surface area (Å²) < 4.78 is 0. The van der Waals surface area contributed by atoms with Crippen molar-refractivity contribution >= 4 is 23.5 Å². The van der Waals surface area contributed by atoms with Gasteiger partial charge in [0.05, 0.1) is 0 Å². The topological polar surface area (TPSA) is 20.2 Å². The van der Waals surface area contributed by atoms with Crippen molar-refractivity contribution in [1.29, 1.82) is 0 Å². The lowest BCUT2D eigenvalue weighted by Crippen LogP contribution is -1.93. The monoisotopic (exact) mass is 452 g/mol. The molecule has 0 aromatic heterocycles. The Morgan fingerprint density at radius 2 is 0.967 bits per heavy atom. The number of phenolic OH excluding ortho intramolecular Hbond substituents is 1. The Labute approximate surface area is 196 Å². The molecular formula is C27H48OS2. The standard InChI is InChI=1S/C27H48OS2/c1-4-6-8-10-12-14-16-18-29-22-25-20-24(3)21-26(27(25)28)23-30-19-17-15-13-11-9-7-5-2/h20-21,28H,4-19,22-23H2,1-3H3. The second kappa shape index (κ2) is 19.4. The van der Waals surface area contributed by atoms with Crippen molar-refractivity contribution in [2.75, 3.05) is 11.5 Å². The zero-order chi connectivity index (χ0) is 21.9. The third kappa shape index (κ3) is 13.9. The van der Waals surface area contributed by atoms with Gasteiger partial charge in [0.1, 0.15) is 5.75 Å². The lowest BCUT2D eigenvalue weighted by atomic mass is 10.1. The normalized spacial score (nSPS) is 11.3. The number of phenols is 1. The fourth-order valence-electron chi connectivity index (χ4n) is 3.84. The third-order valence-corrected chi connectivity index (χ3v) is 7.90. The van der Waals surface area contributed by atoms with E-state index in [0.29, 0.717) is 5.75 Å². The van der Waals surface area contributed by atoms with Gasteiger partial charge in [-0.25, -0.2) is 0 Å². The van der Waals surface area contributed by atoms with Crippen molar-refractivity contribution in [3.05, 3.63) is 28.8 Å². The van der Waals surface area contributed by atoms with Crippen molar-refractivity contribution in [2.24, 2.45) is 0 Å². The van der Waals surface area contributed by atoms with Crippen LogP contribution in [0.5, 0.6) is 5.75 Å². The largest absolute Gasteiger partial charge is 0.507 e. The quantitative estimate of drug-likeness (QED) is 0.199. The second-order valence-electron chi connectivity index (χ2n) is 8.78. The van der Waals surface area contributed by atoms with Crippen LogP contribution < -0.4 is 0 Å². The summed E-state index contributed by atoms with van der Waals surface area (Å²) in [7, 11) is 0. The van der Waals surface area contributed by atoms with E-state index in [0.717, 1.165) is 22.6 Å². The number of aromatic hydroxyl groups is 1. The molecule has 0 atom stereocenters. The van der Waals surface area contributed by atoms with E-state index in [1.807, 2.05) is 23.5 Å². The van der Waals surface area contributed by atoms with E-state index in [1.165, 1.54) is 107 Å².